The zero-order valence-corrected chi connectivity index (χ0v) is 21.2. The van der Waals surface area contributed by atoms with Crippen LogP contribution in [-0.2, 0) is 35.3 Å². The van der Waals surface area contributed by atoms with Crippen molar-refractivity contribution in [2.45, 2.75) is 56.5 Å². The number of hydrogen-bond acceptors (Lipinski definition) is 8. The average molecular weight is 600 g/mol. The van der Waals surface area contributed by atoms with Gasteiger partial charge in [0.15, 0.2) is 5.54 Å². The van der Waals surface area contributed by atoms with Crippen molar-refractivity contribution < 1.29 is 52.1 Å². The first-order valence-electron chi connectivity index (χ1n) is 10.8. The van der Waals surface area contributed by atoms with Crippen molar-refractivity contribution in [2.24, 2.45) is 11.5 Å². The molecule has 1 aromatic rings. The van der Waals surface area contributed by atoms with Crippen molar-refractivity contribution in [3.05, 3.63) is 35.9 Å². The Hall–Kier alpha value is -3.04. The van der Waals surface area contributed by atoms with Crippen LogP contribution in [0.3, 0.4) is 0 Å². The number of halogens is 4. The minimum Gasteiger partial charge on any atom is -0.480 e. The molecular formula is C22H29BrF3N3O8. The minimum absolute atomic E-state index is 0.0499. The Balaban J connectivity index is 0.00000161. The molecular weight excluding hydrogens is 571 g/mol. The summed E-state index contributed by atoms with van der Waals surface area (Å²) in [4.78, 5) is 57.4. The number of carboxylic acid groups (broad SMARTS) is 2. The number of benzene rings is 1. The molecule has 0 radical (unpaired) electrons. The molecule has 0 bridgehead atoms. The fourth-order valence-electron chi connectivity index (χ4n) is 2.62. The van der Waals surface area contributed by atoms with Gasteiger partial charge in [-0.1, -0.05) is 46.3 Å². The second kappa shape index (κ2) is 16.7. The third-order valence-electron chi connectivity index (χ3n) is 4.71. The van der Waals surface area contributed by atoms with E-state index in [1.165, 1.54) is 0 Å². The van der Waals surface area contributed by atoms with E-state index in [-0.39, 0.29) is 37.0 Å². The molecule has 0 unspecified atom stereocenters. The van der Waals surface area contributed by atoms with Gasteiger partial charge in [-0.2, -0.15) is 13.2 Å². The fourth-order valence-corrected chi connectivity index (χ4v) is 2.91. The van der Waals surface area contributed by atoms with Gasteiger partial charge >= 0.3 is 24.1 Å². The highest BCUT2D eigenvalue weighted by Crippen LogP contribution is 2.17. The van der Waals surface area contributed by atoms with E-state index in [9.17, 15) is 37.5 Å². The van der Waals surface area contributed by atoms with E-state index < -0.39 is 41.6 Å². The molecule has 0 heterocycles. The Morgan fingerprint density at radius 1 is 1.05 bits per heavy atom. The number of ketones is 1. The minimum atomic E-state index is -5.08. The number of amides is 1. The number of hydrogen-bond donors (Lipinski definition) is 5. The normalized spacial score (nSPS) is 13.2. The molecule has 15 heteroatoms. The predicted molar refractivity (Wildman–Crippen MR) is 127 cm³/mol. The van der Waals surface area contributed by atoms with Gasteiger partial charge in [0.1, 0.15) is 18.4 Å². The molecule has 0 aliphatic rings. The second-order valence-electron chi connectivity index (χ2n) is 7.66. The number of Topliss-reactive ketones (excluding diaryl/α,β-unsaturated/α-hetero) is 1. The summed E-state index contributed by atoms with van der Waals surface area (Å²) >= 11 is 3.00. The van der Waals surface area contributed by atoms with Gasteiger partial charge < -0.3 is 31.7 Å². The van der Waals surface area contributed by atoms with Crippen molar-refractivity contribution in [1.29, 1.82) is 0 Å². The molecule has 1 amide bonds. The number of aliphatic carboxylic acids is 2. The van der Waals surface area contributed by atoms with E-state index in [1.54, 1.807) is 24.3 Å². The summed E-state index contributed by atoms with van der Waals surface area (Å²) in [7, 11) is 0. The molecule has 37 heavy (non-hydrogen) atoms. The molecule has 1 rings (SSSR count). The van der Waals surface area contributed by atoms with Crippen LogP contribution in [0.15, 0.2) is 30.3 Å². The fraction of sp³-hybridized carbons (Fsp3) is 0.500. The summed E-state index contributed by atoms with van der Waals surface area (Å²) in [5.41, 5.74) is 10.2. The van der Waals surface area contributed by atoms with Gasteiger partial charge in [0.2, 0.25) is 0 Å². The Bertz CT molecular complexity index is 918. The molecule has 0 aliphatic carbocycles. The molecule has 0 aromatic heterocycles. The number of carboxylic acids is 2. The van der Waals surface area contributed by atoms with Crippen molar-refractivity contribution in [2.75, 3.05) is 11.9 Å². The molecule has 11 nitrogen and oxygen atoms in total. The highest BCUT2D eigenvalue weighted by molar-refractivity contribution is 9.09. The SMILES string of the molecule is NCCCC[C@](N)(C(=O)N[C@@H](CCC(=O)CBr)C(=O)O)C(=O)OCc1ccccc1.O=C(O)C(F)(F)F. The summed E-state index contributed by atoms with van der Waals surface area (Å²) < 4.78 is 37.0. The van der Waals surface area contributed by atoms with Crippen LogP contribution in [0, 0.1) is 0 Å². The number of nitrogens with two attached hydrogens (primary N) is 2. The van der Waals surface area contributed by atoms with Gasteiger partial charge in [-0.25, -0.2) is 14.4 Å². The highest BCUT2D eigenvalue weighted by atomic mass is 79.9. The molecule has 7 N–H and O–H groups in total. The van der Waals surface area contributed by atoms with Gasteiger partial charge in [0.05, 0.1) is 5.33 Å². The Morgan fingerprint density at radius 3 is 2.08 bits per heavy atom. The maximum atomic E-state index is 12.8. The lowest BCUT2D eigenvalue weighted by molar-refractivity contribution is -0.192. The lowest BCUT2D eigenvalue weighted by Gasteiger charge is -2.28. The maximum absolute atomic E-state index is 12.8. The summed E-state index contributed by atoms with van der Waals surface area (Å²) in [6, 6.07) is 7.50. The van der Waals surface area contributed by atoms with Crippen LogP contribution in [0.4, 0.5) is 13.2 Å². The molecule has 1 aromatic carbocycles. The standard InChI is InChI=1S/C20H28BrN3O6.C2HF3O2/c21-12-15(25)8-9-16(17(26)27)24-18(28)20(23,10-4-5-11-22)19(29)30-13-14-6-2-1-3-7-14;3-2(4,5)1(6)7/h1-3,6-7,16H,4-5,8-13,22-23H2,(H,24,28)(H,26,27);(H,6,7)/t16-,20-;/m0./s1. The first-order valence-corrected chi connectivity index (χ1v) is 11.9. The van der Waals surface area contributed by atoms with Crippen LogP contribution in [0.5, 0.6) is 0 Å². The largest absolute Gasteiger partial charge is 0.490 e. The van der Waals surface area contributed by atoms with Crippen LogP contribution in [0.2, 0.25) is 0 Å². The van der Waals surface area contributed by atoms with E-state index in [1.807, 2.05) is 6.07 Å². The van der Waals surface area contributed by atoms with Crippen LogP contribution in [0.1, 0.15) is 37.7 Å². The van der Waals surface area contributed by atoms with E-state index in [4.69, 9.17) is 26.1 Å². The van der Waals surface area contributed by atoms with E-state index in [0.29, 0.717) is 24.9 Å². The lowest BCUT2D eigenvalue weighted by Crippen LogP contribution is -2.62. The van der Waals surface area contributed by atoms with Crippen molar-refractivity contribution >= 4 is 45.5 Å². The summed E-state index contributed by atoms with van der Waals surface area (Å²) in [6.07, 6.45) is -4.41. The monoisotopic (exact) mass is 599 g/mol. The summed E-state index contributed by atoms with van der Waals surface area (Å²) in [5.74, 6) is -6.21. The molecule has 0 spiro atoms. The molecule has 0 aliphatic heterocycles. The molecule has 0 saturated heterocycles. The Labute approximate surface area is 218 Å². The zero-order chi connectivity index (χ0) is 28.6. The Morgan fingerprint density at radius 2 is 1.62 bits per heavy atom. The average Bonchev–Trinajstić information content (AvgIpc) is 2.84. The van der Waals surface area contributed by atoms with Gasteiger partial charge in [0, 0.05) is 6.42 Å². The van der Waals surface area contributed by atoms with Gasteiger partial charge in [-0.3, -0.25) is 9.59 Å². The van der Waals surface area contributed by atoms with Gasteiger partial charge in [-0.15, -0.1) is 0 Å². The van der Waals surface area contributed by atoms with Crippen LogP contribution < -0.4 is 16.8 Å². The van der Waals surface area contributed by atoms with Crippen LogP contribution >= 0.6 is 15.9 Å². The molecule has 0 saturated carbocycles. The number of alkyl halides is 4. The number of esters is 1. The van der Waals surface area contributed by atoms with E-state index >= 15 is 0 Å². The zero-order valence-electron chi connectivity index (χ0n) is 19.6. The first-order chi connectivity index (χ1) is 17.2. The molecule has 2 atom stereocenters. The topological polar surface area (TPSA) is 199 Å². The molecule has 208 valence electrons. The quantitative estimate of drug-likeness (QED) is 0.0903. The van der Waals surface area contributed by atoms with Gasteiger partial charge in [-0.05, 0) is 37.8 Å². The van der Waals surface area contributed by atoms with E-state index in [0.717, 1.165) is 0 Å². The smallest absolute Gasteiger partial charge is 0.480 e. The highest BCUT2D eigenvalue weighted by Gasteiger charge is 2.44. The number of carbonyl (C=O) groups excluding carboxylic acids is 3. The lowest BCUT2D eigenvalue weighted by atomic mass is 9.91. The number of ether oxygens (including phenoxy) is 1. The summed E-state index contributed by atoms with van der Waals surface area (Å²) in [6.45, 7) is 0.272. The third kappa shape index (κ3) is 13.2. The van der Waals surface area contributed by atoms with Crippen molar-refractivity contribution in [1.82, 2.24) is 5.32 Å². The van der Waals surface area contributed by atoms with Crippen LogP contribution in [0.25, 0.3) is 0 Å². The van der Waals surface area contributed by atoms with E-state index in [2.05, 4.69) is 21.2 Å². The maximum Gasteiger partial charge on any atom is 0.490 e. The number of carbonyl (C=O) groups is 5. The first kappa shape index (κ1) is 34.0. The number of unbranched alkanes of at least 4 members (excludes halogenated alkanes) is 1. The van der Waals surface area contributed by atoms with Crippen molar-refractivity contribution in [3.8, 4) is 0 Å². The summed E-state index contributed by atoms with van der Waals surface area (Å²) in [5, 5.41) is 18.9. The number of rotatable bonds is 14. The Kier molecular flexibility index (Phi) is 15.3. The second-order valence-corrected chi connectivity index (χ2v) is 8.22. The van der Waals surface area contributed by atoms with Gasteiger partial charge in [0.25, 0.3) is 5.91 Å². The van der Waals surface area contributed by atoms with Crippen molar-refractivity contribution in [3.63, 3.8) is 0 Å². The number of nitrogens with one attached hydrogen (secondary N) is 1. The third-order valence-corrected chi connectivity index (χ3v) is 5.34. The predicted octanol–water partition coefficient (Wildman–Crippen LogP) is 1.50. The van der Waals surface area contributed by atoms with Crippen LogP contribution in [-0.4, -0.2) is 69.4 Å². The molecule has 0 fully saturated rings.